The Morgan fingerprint density at radius 3 is 2.42 bits per heavy atom. The lowest BCUT2D eigenvalue weighted by Gasteiger charge is -2.18. The number of hydrogen-bond acceptors (Lipinski definition) is 2. The fourth-order valence-corrected chi connectivity index (χ4v) is 2.38. The summed E-state index contributed by atoms with van der Waals surface area (Å²) in [5.41, 5.74) is 0.289. The molecule has 0 aliphatic carbocycles. The van der Waals surface area contributed by atoms with Crippen molar-refractivity contribution in [2.24, 2.45) is 0 Å². The molecule has 2 aromatic rings. The minimum Gasteiger partial charge on any atom is -0.343 e. The van der Waals surface area contributed by atoms with E-state index in [0.29, 0.717) is 5.56 Å². The lowest BCUT2D eigenvalue weighted by atomic mass is 10.1. The van der Waals surface area contributed by atoms with Gasteiger partial charge in [0.2, 0.25) is 0 Å². The molecule has 1 aromatic heterocycles. The Labute approximate surface area is 136 Å². The number of carbonyl (C=O) groups excluding carboxylic acids is 1. The molecular formula is C17H17F3N2O2. The smallest absolute Gasteiger partial charge is 0.343 e. The lowest BCUT2D eigenvalue weighted by molar-refractivity contribution is -0.123. The molecule has 2 rings (SSSR count). The molecule has 7 heteroatoms. The second-order valence-electron chi connectivity index (χ2n) is 5.47. The van der Waals surface area contributed by atoms with E-state index < -0.39 is 24.2 Å². The van der Waals surface area contributed by atoms with Gasteiger partial charge in [0.1, 0.15) is 12.1 Å². The maximum absolute atomic E-state index is 12.6. The summed E-state index contributed by atoms with van der Waals surface area (Å²) in [7, 11) is 0. The van der Waals surface area contributed by atoms with Crippen LogP contribution in [-0.4, -0.2) is 23.2 Å². The molecule has 128 valence electrons. The number of aryl methyl sites for hydroxylation is 1. The van der Waals surface area contributed by atoms with Gasteiger partial charge in [-0.15, -0.1) is 0 Å². The predicted octanol–water partition coefficient (Wildman–Crippen LogP) is 3.06. The zero-order chi connectivity index (χ0) is 17.9. The van der Waals surface area contributed by atoms with E-state index in [1.807, 2.05) is 30.3 Å². The van der Waals surface area contributed by atoms with Gasteiger partial charge in [0.25, 0.3) is 11.5 Å². The van der Waals surface area contributed by atoms with E-state index in [-0.39, 0.29) is 11.6 Å². The molecule has 0 saturated carbocycles. The summed E-state index contributed by atoms with van der Waals surface area (Å²) in [6.07, 6.45) is -3.00. The zero-order valence-electron chi connectivity index (χ0n) is 13.2. The van der Waals surface area contributed by atoms with Crippen LogP contribution in [0.4, 0.5) is 13.2 Å². The average molecular weight is 338 g/mol. The van der Waals surface area contributed by atoms with Gasteiger partial charge in [-0.25, -0.2) is 0 Å². The van der Waals surface area contributed by atoms with Crippen LogP contribution in [-0.2, 0) is 0 Å². The summed E-state index contributed by atoms with van der Waals surface area (Å²) in [4.78, 5) is 24.6. The standard InChI is InChI=1S/C17H17F3N2O2/c1-11-8-9-22(12(2)13-6-4-3-5-7-13)16(24)14(11)15(23)21-10-17(18,19)20/h3-9,12H,10H2,1-2H3,(H,21,23). The molecule has 1 heterocycles. The van der Waals surface area contributed by atoms with Gasteiger partial charge in [-0.3, -0.25) is 9.59 Å². The number of aromatic nitrogens is 1. The highest BCUT2D eigenvalue weighted by molar-refractivity contribution is 5.95. The molecule has 1 N–H and O–H groups in total. The maximum Gasteiger partial charge on any atom is 0.405 e. The number of nitrogens with one attached hydrogen (secondary N) is 1. The van der Waals surface area contributed by atoms with Crippen LogP contribution in [0.3, 0.4) is 0 Å². The van der Waals surface area contributed by atoms with Gasteiger partial charge >= 0.3 is 6.18 Å². The second kappa shape index (κ2) is 6.90. The quantitative estimate of drug-likeness (QED) is 0.931. The highest BCUT2D eigenvalue weighted by atomic mass is 19.4. The third kappa shape index (κ3) is 4.04. The first-order chi connectivity index (χ1) is 11.2. The van der Waals surface area contributed by atoms with Crippen LogP contribution >= 0.6 is 0 Å². The molecule has 4 nitrogen and oxygen atoms in total. The Morgan fingerprint density at radius 2 is 1.83 bits per heavy atom. The van der Waals surface area contributed by atoms with Crippen LogP contribution in [0.1, 0.15) is 34.5 Å². The number of pyridine rings is 1. The number of hydrogen-bond donors (Lipinski definition) is 1. The van der Waals surface area contributed by atoms with Crippen molar-refractivity contribution in [3.63, 3.8) is 0 Å². The van der Waals surface area contributed by atoms with Crippen molar-refractivity contribution < 1.29 is 18.0 Å². The van der Waals surface area contributed by atoms with Crippen LogP contribution in [0.15, 0.2) is 47.4 Å². The lowest BCUT2D eigenvalue weighted by Crippen LogP contribution is -2.39. The number of carbonyl (C=O) groups is 1. The van der Waals surface area contributed by atoms with Crippen molar-refractivity contribution in [2.45, 2.75) is 26.1 Å². The molecule has 1 atom stereocenters. The molecule has 24 heavy (non-hydrogen) atoms. The van der Waals surface area contributed by atoms with E-state index in [0.717, 1.165) is 5.56 Å². The summed E-state index contributed by atoms with van der Waals surface area (Å²) in [5.74, 6) is -1.02. The summed E-state index contributed by atoms with van der Waals surface area (Å²) in [5, 5.41) is 1.75. The van der Waals surface area contributed by atoms with Crippen molar-refractivity contribution in [3.05, 3.63) is 69.6 Å². The Bertz CT molecular complexity index is 783. The third-order valence-corrected chi connectivity index (χ3v) is 3.70. The first-order valence-electron chi connectivity index (χ1n) is 7.32. The van der Waals surface area contributed by atoms with Crippen LogP contribution < -0.4 is 10.9 Å². The normalized spacial score (nSPS) is 12.7. The maximum atomic E-state index is 12.6. The number of amides is 1. The van der Waals surface area contributed by atoms with Crippen LogP contribution in [0, 0.1) is 6.92 Å². The largest absolute Gasteiger partial charge is 0.405 e. The minimum atomic E-state index is -4.53. The zero-order valence-corrected chi connectivity index (χ0v) is 13.2. The molecule has 0 saturated heterocycles. The first-order valence-corrected chi connectivity index (χ1v) is 7.32. The van der Waals surface area contributed by atoms with E-state index in [1.54, 1.807) is 18.3 Å². The van der Waals surface area contributed by atoms with Crippen molar-refractivity contribution >= 4 is 5.91 Å². The fraction of sp³-hybridized carbons (Fsp3) is 0.294. The van der Waals surface area contributed by atoms with E-state index in [2.05, 4.69) is 0 Å². The van der Waals surface area contributed by atoms with Crippen LogP contribution in [0.25, 0.3) is 0 Å². The first kappa shape index (κ1) is 17.8. The Morgan fingerprint density at radius 1 is 1.21 bits per heavy atom. The molecule has 1 amide bonds. The van der Waals surface area contributed by atoms with Gasteiger partial charge in [-0.1, -0.05) is 30.3 Å². The van der Waals surface area contributed by atoms with Gasteiger partial charge in [0.05, 0.1) is 6.04 Å². The molecule has 0 aliphatic heterocycles. The fourth-order valence-electron chi connectivity index (χ4n) is 2.38. The van der Waals surface area contributed by atoms with Crippen molar-refractivity contribution in [1.82, 2.24) is 9.88 Å². The molecule has 1 aromatic carbocycles. The predicted molar refractivity (Wildman–Crippen MR) is 84.1 cm³/mol. The Kier molecular flexibility index (Phi) is 5.11. The molecule has 1 unspecified atom stereocenters. The molecule has 0 radical (unpaired) electrons. The number of halogens is 3. The van der Waals surface area contributed by atoms with Crippen molar-refractivity contribution in [2.75, 3.05) is 6.54 Å². The summed E-state index contributed by atoms with van der Waals surface area (Å²) in [6, 6.07) is 10.3. The number of rotatable bonds is 4. The topological polar surface area (TPSA) is 51.1 Å². The summed E-state index contributed by atoms with van der Waals surface area (Å²) in [6.45, 7) is 1.82. The molecular weight excluding hydrogens is 321 g/mol. The number of benzene rings is 1. The van der Waals surface area contributed by atoms with E-state index in [9.17, 15) is 22.8 Å². The highest BCUT2D eigenvalue weighted by Gasteiger charge is 2.29. The molecule has 0 spiro atoms. The van der Waals surface area contributed by atoms with E-state index in [1.165, 1.54) is 17.7 Å². The van der Waals surface area contributed by atoms with Gasteiger partial charge in [0.15, 0.2) is 0 Å². The molecule has 0 aliphatic rings. The third-order valence-electron chi connectivity index (χ3n) is 3.70. The molecule has 0 bridgehead atoms. The monoisotopic (exact) mass is 338 g/mol. The van der Waals surface area contributed by atoms with Gasteiger partial charge in [0, 0.05) is 6.20 Å². The summed E-state index contributed by atoms with van der Waals surface area (Å²) >= 11 is 0. The van der Waals surface area contributed by atoms with Crippen molar-refractivity contribution in [3.8, 4) is 0 Å². The Balaban J connectivity index is 2.37. The van der Waals surface area contributed by atoms with Gasteiger partial charge < -0.3 is 9.88 Å². The molecule has 0 fully saturated rings. The van der Waals surface area contributed by atoms with Crippen molar-refractivity contribution in [1.29, 1.82) is 0 Å². The SMILES string of the molecule is Cc1ccn(C(C)c2ccccc2)c(=O)c1C(=O)NCC(F)(F)F. The Hall–Kier alpha value is -2.57. The van der Waals surface area contributed by atoms with Crippen LogP contribution in [0.2, 0.25) is 0 Å². The van der Waals surface area contributed by atoms with E-state index >= 15 is 0 Å². The van der Waals surface area contributed by atoms with Gasteiger partial charge in [-0.05, 0) is 31.0 Å². The van der Waals surface area contributed by atoms with Crippen LogP contribution in [0.5, 0.6) is 0 Å². The number of nitrogens with zero attached hydrogens (tertiary/aromatic N) is 1. The summed E-state index contributed by atoms with van der Waals surface area (Å²) < 4.78 is 38.1. The highest BCUT2D eigenvalue weighted by Crippen LogP contribution is 2.17. The van der Waals surface area contributed by atoms with Gasteiger partial charge in [-0.2, -0.15) is 13.2 Å². The van der Waals surface area contributed by atoms with E-state index in [4.69, 9.17) is 0 Å². The minimum absolute atomic E-state index is 0.274. The second-order valence-corrected chi connectivity index (χ2v) is 5.47. The average Bonchev–Trinajstić information content (AvgIpc) is 2.53. The number of alkyl halides is 3.